The number of hydrogen-bond donors (Lipinski definition) is 1. The molecule has 144 valence electrons. The Morgan fingerprint density at radius 2 is 1.96 bits per heavy atom. The molecule has 0 atom stereocenters. The zero-order valence-electron chi connectivity index (χ0n) is 15.9. The van der Waals surface area contributed by atoms with Crippen molar-refractivity contribution >= 4 is 23.4 Å². The summed E-state index contributed by atoms with van der Waals surface area (Å²) in [6, 6.07) is 11.8. The van der Waals surface area contributed by atoms with Gasteiger partial charge in [-0.2, -0.15) is 0 Å². The number of methoxy groups -OCH3 is 1. The molecule has 1 aliphatic rings. The molecule has 3 rings (SSSR count). The Morgan fingerprint density at radius 1 is 1.19 bits per heavy atom. The van der Waals surface area contributed by atoms with Crippen molar-refractivity contribution in [1.82, 2.24) is 15.2 Å². The molecule has 6 nitrogen and oxygen atoms in total. The number of benzene rings is 1. The SMILES string of the molecule is COc1ccccc1N1CCN(CCNC(=O)c2cccnc2SC)CC1. The minimum atomic E-state index is -0.0555. The Labute approximate surface area is 164 Å². The number of para-hydroxylation sites is 2. The normalized spacial score (nSPS) is 14.8. The fraction of sp³-hybridized carbons (Fsp3) is 0.400. The number of nitrogens with one attached hydrogen (secondary N) is 1. The van der Waals surface area contributed by atoms with Gasteiger partial charge in [0.1, 0.15) is 10.8 Å². The topological polar surface area (TPSA) is 57.7 Å². The van der Waals surface area contributed by atoms with Crippen LogP contribution in [0.25, 0.3) is 0 Å². The van der Waals surface area contributed by atoms with Crippen LogP contribution in [0.3, 0.4) is 0 Å². The Balaban J connectivity index is 1.45. The van der Waals surface area contributed by atoms with E-state index in [1.54, 1.807) is 19.4 Å². The van der Waals surface area contributed by atoms with Crippen LogP contribution in [0, 0.1) is 0 Å². The molecule has 7 heteroatoms. The molecule has 27 heavy (non-hydrogen) atoms. The lowest BCUT2D eigenvalue weighted by atomic mass is 10.2. The number of rotatable bonds is 7. The monoisotopic (exact) mass is 386 g/mol. The van der Waals surface area contributed by atoms with E-state index in [1.807, 2.05) is 30.5 Å². The molecule has 1 aromatic heterocycles. The van der Waals surface area contributed by atoms with Crippen molar-refractivity contribution in [3.05, 3.63) is 48.2 Å². The van der Waals surface area contributed by atoms with Gasteiger partial charge in [0.25, 0.3) is 5.91 Å². The van der Waals surface area contributed by atoms with E-state index in [0.29, 0.717) is 12.1 Å². The first-order valence-corrected chi connectivity index (χ1v) is 10.3. The highest BCUT2D eigenvalue weighted by atomic mass is 32.2. The first kappa shape index (κ1) is 19.5. The number of thioether (sulfide) groups is 1. The molecule has 2 heterocycles. The summed E-state index contributed by atoms with van der Waals surface area (Å²) in [5.41, 5.74) is 1.79. The molecule has 0 spiro atoms. The highest BCUT2D eigenvalue weighted by molar-refractivity contribution is 7.98. The summed E-state index contributed by atoms with van der Waals surface area (Å²) >= 11 is 1.49. The molecule has 0 unspecified atom stereocenters. The fourth-order valence-electron chi connectivity index (χ4n) is 3.25. The van der Waals surface area contributed by atoms with Crippen LogP contribution in [0.15, 0.2) is 47.6 Å². The van der Waals surface area contributed by atoms with Gasteiger partial charge >= 0.3 is 0 Å². The van der Waals surface area contributed by atoms with Gasteiger partial charge in [0.05, 0.1) is 18.4 Å². The first-order chi connectivity index (χ1) is 13.2. The minimum absolute atomic E-state index is 0.0555. The molecule has 1 amide bonds. The van der Waals surface area contributed by atoms with Gasteiger partial charge in [-0.25, -0.2) is 4.98 Å². The van der Waals surface area contributed by atoms with E-state index >= 15 is 0 Å². The third-order valence-corrected chi connectivity index (χ3v) is 5.43. The summed E-state index contributed by atoms with van der Waals surface area (Å²) in [5, 5.41) is 3.78. The third kappa shape index (κ3) is 4.93. The van der Waals surface area contributed by atoms with Crippen molar-refractivity contribution in [2.45, 2.75) is 5.03 Å². The number of anilines is 1. The molecule has 0 radical (unpaired) electrons. The van der Waals surface area contributed by atoms with E-state index in [4.69, 9.17) is 4.74 Å². The van der Waals surface area contributed by atoms with Crippen molar-refractivity contribution in [1.29, 1.82) is 0 Å². The molecule has 1 aromatic carbocycles. The molecule has 1 N–H and O–H groups in total. The largest absolute Gasteiger partial charge is 0.495 e. The lowest BCUT2D eigenvalue weighted by Gasteiger charge is -2.36. The van der Waals surface area contributed by atoms with Crippen LogP contribution in [-0.4, -0.2) is 68.4 Å². The Morgan fingerprint density at radius 3 is 2.70 bits per heavy atom. The Hall–Kier alpha value is -2.25. The van der Waals surface area contributed by atoms with Crippen LogP contribution in [0.2, 0.25) is 0 Å². The third-order valence-electron chi connectivity index (χ3n) is 4.72. The van der Waals surface area contributed by atoms with Crippen molar-refractivity contribution < 1.29 is 9.53 Å². The second-order valence-electron chi connectivity index (χ2n) is 6.32. The molecule has 0 saturated carbocycles. The maximum absolute atomic E-state index is 12.4. The second kappa shape index (κ2) is 9.62. The van der Waals surface area contributed by atoms with Gasteiger partial charge < -0.3 is 15.0 Å². The number of piperazine rings is 1. The average molecular weight is 387 g/mol. The number of hydrogen-bond acceptors (Lipinski definition) is 6. The Kier molecular flexibility index (Phi) is 6.95. The summed E-state index contributed by atoms with van der Waals surface area (Å²) in [6.45, 7) is 5.32. The van der Waals surface area contributed by atoms with Crippen LogP contribution >= 0.6 is 11.8 Å². The van der Waals surface area contributed by atoms with Gasteiger partial charge in [-0.15, -0.1) is 11.8 Å². The zero-order valence-corrected chi connectivity index (χ0v) is 16.7. The molecule has 0 bridgehead atoms. The number of ether oxygens (including phenoxy) is 1. The van der Waals surface area contributed by atoms with E-state index in [2.05, 4.69) is 26.2 Å². The van der Waals surface area contributed by atoms with Gasteiger partial charge in [-0.3, -0.25) is 9.69 Å². The van der Waals surface area contributed by atoms with Crippen molar-refractivity contribution in [2.24, 2.45) is 0 Å². The van der Waals surface area contributed by atoms with Crippen LogP contribution in [0.5, 0.6) is 5.75 Å². The summed E-state index contributed by atoms with van der Waals surface area (Å²) in [5.74, 6) is 0.861. The van der Waals surface area contributed by atoms with Crippen molar-refractivity contribution in [2.75, 3.05) is 57.5 Å². The maximum atomic E-state index is 12.4. The van der Waals surface area contributed by atoms with Gasteiger partial charge in [-0.1, -0.05) is 12.1 Å². The quantitative estimate of drug-likeness (QED) is 0.738. The van der Waals surface area contributed by atoms with Gasteiger partial charge in [0.2, 0.25) is 0 Å². The second-order valence-corrected chi connectivity index (χ2v) is 7.11. The predicted molar refractivity (Wildman–Crippen MR) is 110 cm³/mol. The van der Waals surface area contributed by atoms with Crippen molar-refractivity contribution in [3.63, 3.8) is 0 Å². The first-order valence-electron chi connectivity index (χ1n) is 9.10. The van der Waals surface area contributed by atoms with E-state index < -0.39 is 0 Å². The van der Waals surface area contributed by atoms with Crippen LogP contribution in [0.4, 0.5) is 5.69 Å². The van der Waals surface area contributed by atoms with E-state index in [9.17, 15) is 4.79 Å². The lowest BCUT2D eigenvalue weighted by Crippen LogP contribution is -2.48. The zero-order chi connectivity index (χ0) is 19.1. The maximum Gasteiger partial charge on any atom is 0.254 e. The molecule has 2 aromatic rings. The number of carbonyl (C=O) groups is 1. The van der Waals surface area contributed by atoms with Crippen LogP contribution in [0.1, 0.15) is 10.4 Å². The molecule has 1 fully saturated rings. The predicted octanol–water partition coefficient (Wildman–Crippen LogP) is 2.36. The number of amides is 1. The number of pyridine rings is 1. The van der Waals surface area contributed by atoms with E-state index in [0.717, 1.165) is 49.2 Å². The smallest absolute Gasteiger partial charge is 0.254 e. The molecular formula is C20H26N4O2S. The molecule has 0 aliphatic carbocycles. The van der Waals surface area contributed by atoms with Gasteiger partial charge in [0, 0.05) is 45.5 Å². The molecule has 1 aliphatic heterocycles. The summed E-state index contributed by atoms with van der Waals surface area (Å²) in [6.07, 6.45) is 3.64. The standard InChI is InChI=1S/C20H26N4O2S/c1-26-18-8-4-3-7-17(18)24-14-12-23(13-15-24)11-10-21-19(25)16-6-5-9-22-20(16)27-2/h3-9H,10-15H2,1-2H3,(H,21,25). The van der Waals surface area contributed by atoms with Gasteiger partial charge in [-0.05, 0) is 30.5 Å². The molecule has 1 saturated heterocycles. The number of nitrogens with zero attached hydrogens (tertiary/aromatic N) is 3. The highest BCUT2D eigenvalue weighted by Gasteiger charge is 2.19. The lowest BCUT2D eigenvalue weighted by molar-refractivity contribution is 0.0944. The van der Waals surface area contributed by atoms with E-state index in [-0.39, 0.29) is 5.91 Å². The summed E-state index contributed by atoms with van der Waals surface area (Å²) in [4.78, 5) is 21.3. The van der Waals surface area contributed by atoms with Crippen LogP contribution in [-0.2, 0) is 0 Å². The number of carbonyl (C=O) groups excluding carboxylic acids is 1. The average Bonchev–Trinajstić information content (AvgIpc) is 2.74. The Bertz CT molecular complexity index is 763. The van der Waals surface area contributed by atoms with Crippen molar-refractivity contribution in [3.8, 4) is 5.75 Å². The van der Waals surface area contributed by atoms with Gasteiger partial charge in [0.15, 0.2) is 0 Å². The summed E-state index contributed by atoms with van der Waals surface area (Å²) < 4.78 is 5.47. The fourth-order valence-corrected chi connectivity index (χ4v) is 3.80. The molecular weight excluding hydrogens is 360 g/mol. The summed E-state index contributed by atoms with van der Waals surface area (Å²) in [7, 11) is 1.71. The highest BCUT2D eigenvalue weighted by Crippen LogP contribution is 2.28. The number of aromatic nitrogens is 1. The van der Waals surface area contributed by atoms with E-state index in [1.165, 1.54) is 11.8 Å². The van der Waals surface area contributed by atoms with Crippen LogP contribution < -0.4 is 15.0 Å². The minimum Gasteiger partial charge on any atom is -0.495 e.